The summed E-state index contributed by atoms with van der Waals surface area (Å²) in [5.74, 6) is -2.32. The summed E-state index contributed by atoms with van der Waals surface area (Å²) in [6.07, 6.45) is 0. The van der Waals surface area contributed by atoms with Gasteiger partial charge in [-0.1, -0.05) is 0 Å². The SMILES string of the molecule is NC(=O)Nc1c(N)ccc(F)c1F. The second-order valence-electron chi connectivity index (χ2n) is 2.31. The van der Waals surface area contributed by atoms with Crippen molar-refractivity contribution in [2.45, 2.75) is 0 Å². The fraction of sp³-hybridized carbons (Fsp3) is 0. The molecule has 0 aliphatic carbocycles. The fourth-order valence-corrected chi connectivity index (χ4v) is 0.816. The van der Waals surface area contributed by atoms with Crippen LogP contribution in [0.5, 0.6) is 0 Å². The number of amides is 2. The maximum Gasteiger partial charge on any atom is 0.316 e. The number of carbonyl (C=O) groups excluding carboxylic acids is 1. The monoisotopic (exact) mass is 187 g/mol. The number of benzene rings is 1. The summed E-state index contributed by atoms with van der Waals surface area (Å²) in [6.45, 7) is 0. The van der Waals surface area contributed by atoms with E-state index in [9.17, 15) is 13.6 Å². The first-order valence-corrected chi connectivity index (χ1v) is 3.32. The number of primary amides is 1. The molecule has 70 valence electrons. The molecule has 0 aromatic heterocycles. The van der Waals surface area contributed by atoms with Crippen molar-refractivity contribution in [2.24, 2.45) is 5.73 Å². The number of rotatable bonds is 1. The molecule has 6 heteroatoms. The van der Waals surface area contributed by atoms with Gasteiger partial charge >= 0.3 is 6.03 Å². The number of hydrogen-bond donors (Lipinski definition) is 3. The molecule has 0 heterocycles. The van der Waals surface area contributed by atoms with Crippen LogP contribution in [0.4, 0.5) is 25.0 Å². The summed E-state index contributed by atoms with van der Waals surface area (Å²) in [5.41, 5.74) is 9.46. The Labute approximate surface area is 72.5 Å². The van der Waals surface area contributed by atoms with E-state index in [1.165, 1.54) is 0 Å². The Balaban J connectivity index is 3.17. The Morgan fingerprint density at radius 2 is 2.00 bits per heavy atom. The van der Waals surface area contributed by atoms with Crippen molar-refractivity contribution in [3.05, 3.63) is 23.8 Å². The van der Waals surface area contributed by atoms with Crippen molar-refractivity contribution in [3.8, 4) is 0 Å². The standard InChI is InChI=1S/C7H7F2N3O/c8-3-1-2-4(10)6(5(3)9)12-7(11)13/h1-2H,10H2,(H3,11,12,13). The molecule has 0 bridgehead atoms. The Morgan fingerprint density at radius 3 is 2.54 bits per heavy atom. The second-order valence-corrected chi connectivity index (χ2v) is 2.31. The predicted octanol–water partition coefficient (Wildman–Crippen LogP) is 1.04. The van der Waals surface area contributed by atoms with E-state index in [4.69, 9.17) is 11.5 Å². The molecule has 0 unspecified atom stereocenters. The Kier molecular flexibility index (Phi) is 2.32. The summed E-state index contributed by atoms with van der Waals surface area (Å²) in [6, 6.07) is 0.983. The maximum absolute atomic E-state index is 12.9. The molecule has 4 nitrogen and oxygen atoms in total. The number of nitrogen functional groups attached to an aromatic ring is 1. The summed E-state index contributed by atoms with van der Waals surface area (Å²) >= 11 is 0. The molecule has 0 aliphatic rings. The number of nitrogens with two attached hydrogens (primary N) is 2. The van der Waals surface area contributed by atoms with Gasteiger partial charge in [0.2, 0.25) is 0 Å². The zero-order chi connectivity index (χ0) is 10.0. The largest absolute Gasteiger partial charge is 0.397 e. The molecule has 0 aliphatic heterocycles. The van der Waals surface area contributed by atoms with Gasteiger partial charge in [-0.15, -0.1) is 0 Å². The molecular weight excluding hydrogens is 180 g/mol. The lowest BCUT2D eigenvalue weighted by Gasteiger charge is -2.06. The number of urea groups is 1. The van der Waals surface area contributed by atoms with Crippen LogP contribution < -0.4 is 16.8 Å². The summed E-state index contributed by atoms with van der Waals surface area (Å²) in [4.78, 5) is 10.4. The van der Waals surface area contributed by atoms with Crippen LogP contribution in [0.15, 0.2) is 12.1 Å². The molecule has 0 fully saturated rings. The zero-order valence-electron chi connectivity index (χ0n) is 6.47. The number of carbonyl (C=O) groups is 1. The molecule has 0 radical (unpaired) electrons. The van der Waals surface area contributed by atoms with E-state index >= 15 is 0 Å². The predicted molar refractivity (Wildman–Crippen MR) is 44.0 cm³/mol. The van der Waals surface area contributed by atoms with E-state index in [-0.39, 0.29) is 5.69 Å². The molecule has 1 aromatic rings. The third-order valence-electron chi connectivity index (χ3n) is 1.38. The molecule has 5 N–H and O–H groups in total. The molecule has 0 saturated carbocycles. The third kappa shape index (κ3) is 1.84. The van der Waals surface area contributed by atoms with E-state index in [1.54, 1.807) is 0 Å². The van der Waals surface area contributed by atoms with Gasteiger partial charge < -0.3 is 16.8 Å². The number of hydrogen-bond acceptors (Lipinski definition) is 2. The van der Waals surface area contributed by atoms with E-state index in [0.29, 0.717) is 0 Å². The van der Waals surface area contributed by atoms with E-state index in [1.807, 2.05) is 5.32 Å². The van der Waals surface area contributed by atoms with Crippen LogP contribution in [0.25, 0.3) is 0 Å². The Hall–Kier alpha value is -1.85. The number of nitrogens with one attached hydrogen (secondary N) is 1. The number of anilines is 2. The topological polar surface area (TPSA) is 81.1 Å². The highest BCUT2D eigenvalue weighted by atomic mass is 19.2. The molecule has 1 aromatic carbocycles. The molecule has 0 spiro atoms. The minimum atomic E-state index is -1.22. The number of halogens is 2. The molecule has 2 amide bonds. The van der Waals surface area contributed by atoms with E-state index in [2.05, 4.69) is 0 Å². The minimum absolute atomic E-state index is 0.0855. The smallest absolute Gasteiger partial charge is 0.316 e. The van der Waals surface area contributed by atoms with Gasteiger partial charge in [0.1, 0.15) is 5.69 Å². The highest BCUT2D eigenvalue weighted by Crippen LogP contribution is 2.23. The van der Waals surface area contributed by atoms with Crippen molar-refractivity contribution in [1.82, 2.24) is 0 Å². The van der Waals surface area contributed by atoms with Crippen LogP contribution in [0.1, 0.15) is 0 Å². The first-order chi connectivity index (χ1) is 6.02. The van der Waals surface area contributed by atoms with Crippen LogP contribution in [-0.2, 0) is 0 Å². The quantitative estimate of drug-likeness (QED) is 0.574. The van der Waals surface area contributed by atoms with E-state index in [0.717, 1.165) is 12.1 Å². The van der Waals surface area contributed by atoms with Crippen molar-refractivity contribution in [3.63, 3.8) is 0 Å². The average molecular weight is 187 g/mol. The van der Waals surface area contributed by atoms with Gasteiger partial charge in [0.25, 0.3) is 0 Å². The van der Waals surface area contributed by atoms with Crippen LogP contribution in [0.2, 0.25) is 0 Å². The van der Waals surface area contributed by atoms with Crippen molar-refractivity contribution in [2.75, 3.05) is 11.1 Å². The maximum atomic E-state index is 12.9. The summed E-state index contributed by atoms with van der Waals surface area (Å²) < 4.78 is 25.5. The average Bonchev–Trinajstić information content (AvgIpc) is 2.05. The first kappa shape index (κ1) is 9.24. The minimum Gasteiger partial charge on any atom is -0.397 e. The normalized spacial score (nSPS) is 9.69. The Morgan fingerprint density at radius 1 is 1.38 bits per heavy atom. The lowest BCUT2D eigenvalue weighted by atomic mass is 10.2. The summed E-state index contributed by atoms with van der Waals surface area (Å²) in [7, 11) is 0. The van der Waals surface area contributed by atoms with Crippen LogP contribution >= 0.6 is 0 Å². The second kappa shape index (κ2) is 3.26. The van der Waals surface area contributed by atoms with Gasteiger partial charge in [0, 0.05) is 0 Å². The molecular formula is C7H7F2N3O. The lowest BCUT2D eigenvalue weighted by molar-refractivity contribution is 0.259. The van der Waals surface area contributed by atoms with Gasteiger partial charge in [0.15, 0.2) is 11.6 Å². The van der Waals surface area contributed by atoms with Crippen LogP contribution in [0.3, 0.4) is 0 Å². The van der Waals surface area contributed by atoms with Crippen LogP contribution in [-0.4, -0.2) is 6.03 Å². The van der Waals surface area contributed by atoms with Gasteiger partial charge in [-0.05, 0) is 12.1 Å². The fourth-order valence-electron chi connectivity index (χ4n) is 0.816. The van der Waals surface area contributed by atoms with Gasteiger partial charge in [-0.2, -0.15) is 0 Å². The molecule has 0 saturated heterocycles. The van der Waals surface area contributed by atoms with E-state index < -0.39 is 23.4 Å². The van der Waals surface area contributed by atoms with Gasteiger partial charge in [-0.25, -0.2) is 13.6 Å². The van der Waals surface area contributed by atoms with Crippen molar-refractivity contribution < 1.29 is 13.6 Å². The molecule has 0 atom stereocenters. The Bertz CT molecular complexity index is 354. The zero-order valence-corrected chi connectivity index (χ0v) is 6.47. The lowest BCUT2D eigenvalue weighted by Crippen LogP contribution is -2.21. The highest BCUT2D eigenvalue weighted by molar-refractivity contribution is 5.91. The molecule has 13 heavy (non-hydrogen) atoms. The van der Waals surface area contributed by atoms with Crippen molar-refractivity contribution in [1.29, 1.82) is 0 Å². The summed E-state index contributed by atoms with van der Waals surface area (Å²) in [5, 5.41) is 1.88. The van der Waals surface area contributed by atoms with Gasteiger partial charge in [-0.3, -0.25) is 0 Å². The molecule has 1 rings (SSSR count). The highest BCUT2D eigenvalue weighted by Gasteiger charge is 2.12. The third-order valence-corrected chi connectivity index (χ3v) is 1.38. The first-order valence-electron chi connectivity index (χ1n) is 3.32. The van der Waals surface area contributed by atoms with Gasteiger partial charge in [0.05, 0.1) is 5.69 Å². The van der Waals surface area contributed by atoms with Crippen molar-refractivity contribution >= 4 is 17.4 Å². The van der Waals surface area contributed by atoms with Crippen LogP contribution in [0, 0.1) is 11.6 Å².